The van der Waals surface area contributed by atoms with Crippen LogP contribution in [0, 0.1) is 20.8 Å². The third-order valence-electron chi connectivity index (χ3n) is 5.87. The molecule has 200 valence electrons. The summed E-state index contributed by atoms with van der Waals surface area (Å²) in [5, 5.41) is 3.48. The number of fused-ring (bicyclic) bond motifs is 1. The lowest BCUT2D eigenvalue weighted by Crippen LogP contribution is -2.17. The van der Waals surface area contributed by atoms with E-state index in [1.807, 2.05) is 65.9 Å². The zero-order valence-electron chi connectivity index (χ0n) is 23.1. The number of aryl methyl sites for hydroxylation is 3. The first-order valence-corrected chi connectivity index (χ1v) is 13.5. The number of nitrogens with one attached hydrogen (secondary N) is 1. The van der Waals surface area contributed by atoms with Crippen LogP contribution < -0.4 is 10.1 Å². The molecule has 0 spiro atoms. The molecular formula is C29H35N5O3S. The summed E-state index contributed by atoms with van der Waals surface area (Å²) in [5.41, 5.74) is 5.67. The Balaban J connectivity index is 0.000000381. The average Bonchev–Trinajstić information content (AvgIpc) is 3.49. The second kappa shape index (κ2) is 13.1. The van der Waals surface area contributed by atoms with Gasteiger partial charge in [0, 0.05) is 48.7 Å². The van der Waals surface area contributed by atoms with Crippen LogP contribution in [0.5, 0.6) is 5.75 Å². The molecule has 1 aliphatic rings. The van der Waals surface area contributed by atoms with Gasteiger partial charge in [0.25, 0.3) is 5.91 Å². The van der Waals surface area contributed by atoms with E-state index in [0.717, 1.165) is 57.7 Å². The number of carbonyl (C=O) groups excluding carboxylic acids is 2. The number of rotatable bonds is 4. The fourth-order valence-corrected chi connectivity index (χ4v) is 4.88. The molecule has 1 fully saturated rings. The molecule has 38 heavy (non-hydrogen) atoms. The molecule has 5 rings (SSSR count). The lowest BCUT2D eigenvalue weighted by Gasteiger charge is -2.13. The molecule has 0 bridgehead atoms. The van der Waals surface area contributed by atoms with E-state index in [2.05, 4.69) is 26.3 Å². The Kier molecular flexibility index (Phi) is 9.90. The Hall–Kier alpha value is -3.85. The largest absolute Gasteiger partial charge is 0.494 e. The molecule has 0 atom stereocenters. The van der Waals surface area contributed by atoms with Gasteiger partial charge in [-0.15, -0.1) is 0 Å². The molecule has 0 unspecified atom stereocenters. The third-order valence-corrected chi connectivity index (χ3v) is 6.81. The van der Waals surface area contributed by atoms with Crippen molar-refractivity contribution in [2.45, 2.75) is 47.5 Å². The van der Waals surface area contributed by atoms with E-state index < -0.39 is 0 Å². The molecule has 1 saturated heterocycles. The lowest BCUT2D eigenvalue weighted by atomic mass is 9.99. The highest BCUT2D eigenvalue weighted by molar-refractivity contribution is 7.22. The van der Waals surface area contributed by atoms with Gasteiger partial charge in [-0.25, -0.2) is 4.98 Å². The summed E-state index contributed by atoms with van der Waals surface area (Å²) in [7, 11) is 3.43. The minimum absolute atomic E-state index is 0.264. The van der Waals surface area contributed by atoms with Crippen molar-refractivity contribution < 1.29 is 14.3 Å². The number of nitrogens with zero attached hydrogens (tertiary/aromatic N) is 4. The van der Waals surface area contributed by atoms with E-state index in [1.165, 1.54) is 11.3 Å². The quantitative estimate of drug-likeness (QED) is 0.335. The predicted octanol–water partition coefficient (Wildman–Crippen LogP) is 6.20. The number of hydrogen-bond acceptors (Lipinski definition) is 7. The Bertz CT molecular complexity index is 1430. The molecule has 0 aliphatic carbocycles. The number of carbonyl (C=O) groups is 2. The van der Waals surface area contributed by atoms with Crippen LogP contribution in [0.4, 0.5) is 5.13 Å². The van der Waals surface area contributed by atoms with Crippen LogP contribution in [0.2, 0.25) is 0 Å². The molecule has 1 aromatic carbocycles. The van der Waals surface area contributed by atoms with Crippen molar-refractivity contribution in [3.8, 4) is 16.9 Å². The highest BCUT2D eigenvalue weighted by atomic mass is 32.1. The number of aromatic nitrogens is 3. The van der Waals surface area contributed by atoms with Gasteiger partial charge in [-0.05, 0) is 57.0 Å². The highest BCUT2D eigenvalue weighted by Gasteiger charge is 2.19. The summed E-state index contributed by atoms with van der Waals surface area (Å²) in [4.78, 5) is 38.5. The predicted molar refractivity (Wildman–Crippen MR) is 154 cm³/mol. The number of likely N-dealkylation sites (tertiary alicyclic amines) is 1. The van der Waals surface area contributed by atoms with E-state index in [9.17, 15) is 9.59 Å². The second-order valence-electron chi connectivity index (χ2n) is 8.76. The molecule has 1 aliphatic heterocycles. The van der Waals surface area contributed by atoms with Crippen LogP contribution in [-0.2, 0) is 4.79 Å². The zero-order valence-corrected chi connectivity index (χ0v) is 23.9. The van der Waals surface area contributed by atoms with Crippen LogP contribution >= 0.6 is 11.3 Å². The van der Waals surface area contributed by atoms with Crippen molar-refractivity contribution in [3.63, 3.8) is 0 Å². The van der Waals surface area contributed by atoms with Crippen LogP contribution in [0.3, 0.4) is 0 Å². The van der Waals surface area contributed by atoms with E-state index in [0.29, 0.717) is 22.4 Å². The molecule has 3 aromatic heterocycles. The fraction of sp³-hybridized carbons (Fsp3) is 0.345. The van der Waals surface area contributed by atoms with Gasteiger partial charge in [-0.3, -0.25) is 24.9 Å². The summed E-state index contributed by atoms with van der Waals surface area (Å²) in [6.07, 6.45) is 5.07. The van der Waals surface area contributed by atoms with Crippen LogP contribution in [0.1, 0.15) is 54.0 Å². The summed E-state index contributed by atoms with van der Waals surface area (Å²) in [6.45, 7) is 10.8. The van der Waals surface area contributed by atoms with Gasteiger partial charge in [-0.1, -0.05) is 31.3 Å². The molecule has 0 radical (unpaired) electrons. The topological polar surface area (TPSA) is 97.3 Å². The van der Waals surface area contributed by atoms with Crippen LogP contribution in [-0.4, -0.2) is 52.4 Å². The van der Waals surface area contributed by atoms with Crippen molar-refractivity contribution >= 4 is 38.5 Å². The molecule has 9 heteroatoms. The standard InChI is InChI=1S/C22H20N4O2S.C5H9NO.C2H6/c1-12-5-6-18-20(7-12)29-22(25-18)26-21(27)17-10-23-13(2)8-15(17)16-9-14(3)24-11-19(16)28-4;1-6-4-2-3-5(6)7;1-2/h5-11H,1-4H3,(H,25,26,27);2-4H2,1H3;1-2H3. The first-order chi connectivity index (χ1) is 18.2. The monoisotopic (exact) mass is 533 g/mol. The van der Waals surface area contributed by atoms with Crippen molar-refractivity contribution in [2.24, 2.45) is 0 Å². The first kappa shape index (κ1) is 28.7. The number of amides is 2. The van der Waals surface area contributed by atoms with Crippen molar-refractivity contribution in [1.29, 1.82) is 0 Å². The molecule has 0 saturated carbocycles. The Morgan fingerprint density at radius 1 is 1.03 bits per heavy atom. The molecule has 8 nitrogen and oxygen atoms in total. The van der Waals surface area contributed by atoms with Gasteiger partial charge < -0.3 is 9.64 Å². The fourth-order valence-electron chi connectivity index (χ4n) is 3.92. The number of pyridine rings is 2. The maximum absolute atomic E-state index is 13.1. The number of methoxy groups -OCH3 is 1. The average molecular weight is 534 g/mol. The van der Waals surface area contributed by atoms with E-state index in [4.69, 9.17) is 4.74 Å². The molecule has 2 amide bonds. The van der Waals surface area contributed by atoms with Gasteiger partial charge in [0.05, 0.1) is 29.1 Å². The Morgan fingerprint density at radius 2 is 1.71 bits per heavy atom. The van der Waals surface area contributed by atoms with Crippen molar-refractivity contribution in [1.82, 2.24) is 19.9 Å². The smallest absolute Gasteiger partial charge is 0.259 e. The third kappa shape index (κ3) is 6.92. The maximum atomic E-state index is 13.1. The first-order valence-electron chi connectivity index (χ1n) is 12.7. The van der Waals surface area contributed by atoms with Gasteiger partial charge >= 0.3 is 0 Å². The minimum Gasteiger partial charge on any atom is -0.494 e. The molecule has 4 aromatic rings. The maximum Gasteiger partial charge on any atom is 0.259 e. The summed E-state index contributed by atoms with van der Waals surface area (Å²) in [6, 6.07) is 9.82. The normalized spacial score (nSPS) is 12.4. The van der Waals surface area contributed by atoms with Gasteiger partial charge in [0.2, 0.25) is 5.91 Å². The van der Waals surface area contributed by atoms with Gasteiger partial charge in [0.1, 0.15) is 5.75 Å². The molecular weight excluding hydrogens is 498 g/mol. The zero-order chi connectivity index (χ0) is 27.8. The summed E-state index contributed by atoms with van der Waals surface area (Å²) < 4.78 is 6.51. The number of thiazole rings is 1. The Labute approximate surface area is 228 Å². The van der Waals surface area contributed by atoms with E-state index >= 15 is 0 Å². The summed E-state index contributed by atoms with van der Waals surface area (Å²) >= 11 is 1.45. The number of ether oxygens (including phenoxy) is 1. The summed E-state index contributed by atoms with van der Waals surface area (Å²) in [5.74, 6) is 0.630. The van der Waals surface area contributed by atoms with E-state index in [-0.39, 0.29) is 5.91 Å². The van der Waals surface area contributed by atoms with Gasteiger partial charge in [-0.2, -0.15) is 0 Å². The number of benzene rings is 1. The van der Waals surface area contributed by atoms with Crippen LogP contribution in [0.15, 0.2) is 42.7 Å². The van der Waals surface area contributed by atoms with Crippen molar-refractivity contribution in [3.05, 3.63) is 65.2 Å². The second-order valence-corrected chi connectivity index (χ2v) is 9.79. The Morgan fingerprint density at radius 3 is 2.32 bits per heavy atom. The SMILES string of the molecule is CC.CN1CCCC1=O.COc1cnc(C)cc1-c1cc(C)ncc1C(=O)Nc1nc2ccc(C)cc2s1. The molecule has 1 N–H and O–H groups in total. The van der Waals surface area contributed by atoms with E-state index in [1.54, 1.807) is 24.4 Å². The van der Waals surface area contributed by atoms with Gasteiger partial charge in [0.15, 0.2) is 5.13 Å². The number of anilines is 1. The van der Waals surface area contributed by atoms with Crippen molar-refractivity contribution in [2.75, 3.05) is 26.0 Å². The molecule has 4 heterocycles. The number of hydrogen-bond donors (Lipinski definition) is 1. The minimum atomic E-state index is -0.264. The van der Waals surface area contributed by atoms with Crippen LogP contribution in [0.25, 0.3) is 21.3 Å². The lowest BCUT2D eigenvalue weighted by molar-refractivity contribution is -0.126. The highest BCUT2D eigenvalue weighted by Crippen LogP contribution is 2.33.